The van der Waals surface area contributed by atoms with E-state index in [1.807, 2.05) is 36.4 Å². The van der Waals surface area contributed by atoms with E-state index in [-0.39, 0.29) is 0 Å². The third kappa shape index (κ3) is 3.26. The number of nitrogen functional groups attached to an aromatic ring is 1. The quantitative estimate of drug-likeness (QED) is 0.758. The minimum atomic E-state index is -0.453. The van der Waals surface area contributed by atoms with Gasteiger partial charge in [0.25, 0.3) is 0 Å². The number of primary amides is 1. The zero-order chi connectivity index (χ0) is 13.8. The van der Waals surface area contributed by atoms with Crippen LogP contribution in [-0.4, -0.2) is 5.91 Å². The zero-order valence-electron chi connectivity index (χ0n) is 10.2. The molecule has 0 saturated carbocycles. The first-order valence-electron chi connectivity index (χ1n) is 5.74. The second-order valence-electron chi connectivity index (χ2n) is 4.11. The molecule has 0 heterocycles. The van der Waals surface area contributed by atoms with Crippen LogP contribution in [0.3, 0.4) is 0 Å². The second-order valence-corrected chi connectivity index (χ2v) is 4.97. The Bertz CT molecular complexity index is 613. The number of carbonyl (C=O) groups is 1. The summed E-state index contributed by atoms with van der Waals surface area (Å²) in [6, 6.07) is 13.0. The minimum absolute atomic E-state index is 0.453. The fourth-order valence-electron chi connectivity index (χ4n) is 1.72. The van der Waals surface area contributed by atoms with Gasteiger partial charge in [0.15, 0.2) is 0 Å². The van der Waals surface area contributed by atoms with Crippen LogP contribution in [-0.2, 0) is 6.54 Å². The minimum Gasteiger partial charge on any atom is -0.398 e. The fraction of sp³-hybridized carbons (Fsp3) is 0.0714. The van der Waals surface area contributed by atoms with E-state index in [0.29, 0.717) is 16.6 Å². The Hall–Kier alpha value is -2.01. The number of nitrogens with two attached hydrogens (primary N) is 2. The van der Waals surface area contributed by atoms with Crippen LogP contribution >= 0.6 is 15.9 Å². The van der Waals surface area contributed by atoms with E-state index in [0.717, 1.165) is 16.9 Å². The standard InChI is InChI=1S/C14H14BrN3O/c15-12-7-10(5-6-11(12)14(17)19)18-8-9-3-1-2-4-13(9)16/h1-7,18H,8,16H2,(H2,17,19). The molecule has 98 valence electrons. The average Bonchev–Trinajstić information content (AvgIpc) is 2.37. The van der Waals surface area contributed by atoms with Crippen LogP contribution in [0.2, 0.25) is 0 Å². The molecule has 4 nitrogen and oxygen atoms in total. The molecule has 0 unspecified atom stereocenters. The third-order valence-corrected chi connectivity index (χ3v) is 3.43. The zero-order valence-corrected chi connectivity index (χ0v) is 11.8. The Morgan fingerprint density at radius 1 is 1.21 bits per heavy atom. The van der Waals surface area contributed by atoms with Crippen molar-refractivity contribution in [2.75, 3.05) is 11.1 Å². The highest BCUT2D eigenvalue weighted by Gasteiger charge is 2.06. The molecular formula is C14H14BrN3O. The Labute approximate surface area is 119 Å². The Kier molecular flexibility index (Phi) is 4.06. The highest BCUT2D eigenvalue weighted by Crippen LogP contribution is 2.22. The van der Waals surface area contributed by atoms with Crippen molar-refractivity contribution in [1.29, 1.82) is 0 Å². The van der Waals surface area contributed by atoms with Gasteiger partial charge in [-0.25, -0.2) is 0 Å². The lowest BCUT2D eigenvalue weighted by molar-refractivity contribution is 0.0999. The van der Waals surface area contributed by atoms with Crippen LogP contribution in [0.25, 0.3) is 0 Å². The summed E-state index contributed by atoms with van der Waals surface area (Å²) in [5, 5.41) is 3.25. The van der Waals surface area contributed by atoms with Crippen LogP contribution in [0.4, 0.5) is 11.4 Å². The first-order chi connectivity index (χ1) is 9.08. The van der Waals surface area contributed by atoms with Crippen molar-refractivity contribution < 1.29 is 4.79 Å². The lowest BCUT2D eigenvalue weighted by Gasteiger charge is -2.10. The van der Waals surface area contributed by atoms with Crippen molar-refractivity contribution in [3.63, 3.8) is 0 Å². The lowest BCUT2D eigenvalue weighted by atomic mass is 10.1. The summed E-state index contributed by atoms with van der Waals surface area (Å²) >= 11 is 3.32. The molecule has 0 aliphatic heterocycles. The molecule has 19 heavy (non-hydrogen) atoms. The van der Waals surface area contributed by atoms with Crippen LogP contribution in [0, 0.1) is 0 Å². The summed E-state index contributed by atoms with van der Waals surface area (Å²) in [6.07, 6.45) is 0. The van der Waals surface area contributed by atoms with Crippen LogP contribution in [0.15, 0.2) is 46.9 Å². The number of rotatable bonds is 4. The van der Waals surface area contributed by atoms with Gasteiger partial charge in [-0.2, -0.15) is 0 Å². The van der Waals surface area contributed by atoms with Crippen molar-refractivity contribution >= 4 is 33.2 Å². The van der Waals surface area contributed by atoms with Gasteiger partial charge >= 0.3 is 0 Å². The Morgan fingerprint density at radius 3 is 2.58 bits per heavy atom. The van der Waals surface area contributed by atoms with Gasteiger partial charge in [-0.15, -0.1) is 0 Å². The maximum atomic E-state index is 11.1. The summed E-state index contributed by atoms with van der Waals surface area (Å²) in [7, 11) is 0. The van der Waals surface area contributed by atoms with Gasteiger partial charge in [0, 0.05) is 22.4 Å². The lowest BCUT2D eigenvalue weighted by Crippen LogP contribution is -2.12. The summed E-state index contributed by atoms with van der Waals surface area (Å²) < 4.78 is 0.672. The number of nitrogens with one attached hydrogen (secondary N) is 1. The normalized spacial score (nSPS) is 10.2. The second kappa shape index (κ2) is 5.75. The number of carbonyl (C=O) groups excluding carboxylic acids is 1. The molecule has 2 rings (SSSR count). The highest BCUT2D eigenvalue weighted by molar-refractivity contribution is 9.10. The van der Waals surface area contributed by atoms with Crippen molar-refractivity contribution in [2.45, 2.75) is 6.54 Å². The summed E-state index contributed by atoms with van der Waals surface area (Å²) in [4.78, 5) is 11.1. The number of para-hydroxylation sites is 1. The van der Waals surface area contributed by atoms with Gasteiger partial charge in [0.1, 0.15) is 0 Å². The van der Waals surface area contributed by atoms with E-state index in [2.05, 4.69) is 21.2 Å². The monoisotopic (exact) mass is 319 g/mol. The number of amides is 1. The number of benzene rings is 2. The molecule has 0 atom stereocenters. The number of hydrogen-bond acceptors (Lipinski definition) is 3. The average molecular weight is 320 g/mol. The van der Waals surface area contributed by atoms with Crippen LogP contribution in [0.1, 0.15) is 15.9 Å². The maximum absolute atomic E-state index is 11.1. The SMILES string of the molecule is NC(=O)c1ccc(NCc2ccccc2N)cc1Br. The molecule has 0 aromatic heterocycles. The molecule has 2 aromatic rings. The first-order valence-corrected chi connectivity index (χ1v) is 6.54. The molecular weight excluding hydrogens is 306 g/mol. The molecule has 0 aliphatic carbocycles. The van der Waals surface area contributed by atoms with E-state index in [9.17, 15) is 4.79 Å². The van der Waals surface area contributed by atoms with Crippen LogP contribution in [0.5, 0.6) is 0 Å². The van der Waals surface area contributed by atoms with Gasteiger partial charge in [0.05, 0.1) is 5.56 Å². The molecule has 5 heteroatoms. The van der Waals surface area contributed by atoms with Gasteiger partial charge < -0.3 is 16.8 Å². The van der Waals surface area contributed by atoms with Crippen molar-refractivity contribution in [3.8, 4) is 0 Å². The molecule has 0 bridgehead atoms. The maximum Gasteiger partial charge on any atom is 0.249 e. The molecule has 1 amide bonds. The predicted octanol–water partition coefficient (Wildman–Crippen LogP) is 2.74. The van der Waals surface area contributed by atoms with Gasteiger partial charge in [-0.3, -0.25) is 4.79 Å². The first kappa shape index (κ1) is 13.4. The smallest absolute Gasteiger partial charge is 0.249 e. The van der Waals surface area contributed by atoms with E-state index in [1.165, 1.54) is 0 Å². The molecule has 0 fully saturated rings. The molecule has 2 aromatic carbocycles. The largest absolute Gasteiger partial charge is 0.398 e. The summed E-state index contributed by atoms with van der Waals surface area (Å²) in [6.45, 7) is 0.620. The van der Waals surface area contributed by atoms with Crippen molar-refractivity contribution in [3.05, 3.63) is 58.1 Å². The van der Waals surface area contributed by atoms with E-state index < -0.39 is 5.91 Å². The molecule has 5 N–H and O–H groups in total. The third-order valence-electron chi connectivity index (χ3n) is 2.77. The topological polar surface area (TPSA) is 81.1 Å². The molecule has 0 spiro atoms. The van der Waals surface area contributed by atoms with Crippen LogP contribution < -0.4 is 16.8 Å². The summed E-state index contributed by atoms with van der Waals surface area (Å²) in [5.74, 6) is -0.453. The Morgan fingerprint density at radius 2 is 1.95 bits per heavy atom. The number of hydrogen-bond donors (Lipinski definition) is 3. The number of halogens is 1. The number of anilines is 2. The van der Waals surface area contributed by atoms with Crippen molar-refractivity contribution in [2.24, 2.45) is 5.73 Å². The molecule has 0 saturated heterocycles. The van der Waals surface area contributed by atoms with E-state index in [1.54, 1.807) is 6.07 Å². The van der Waals surface area contributed by atoms with Gasteiger partial charge in [0.2, 0.25) is 5.91 Å². The summed E-state index contributed by atoms with van der Waals surface area (Å²) in [5.41, 5.74) is 14.2. The highest BCUT2D eigenvalue weighted by atomic mass is 79.9. The fourth-order valence-corrected chi connectivity index (χ4v) is 2.29. The Balaban J connectivity index is 2.11. The van der Waals surface area contributed by atoms with Gasteiger partial charge in [-0.1, -0.05) is 18.2 Å². The predicted molar refractivity (Wildman–Crippen MR) is 80.8 cm³/mol. The van der Waals surface area contributed by atoms with Crippen molar-refractivity contribution in [1.82, 2.24) is 0 Å². The molecule has 0 radical (unpaired) electrons. The van der Waals surface area contributed by atoms with E-state index in [4.69, 9.17) is 11.5 Å². The van der Waals surface area contributed by atoms with E-state index >= 15 is 0 Å². The van der Waals surface area contributed by atoms with Gasteiger partial charge in [-0.05, 0) is 45.8 Å². The molecule has 0 aliphatic rings.